The van der Waals surface area contributed by atoms with Crippen LogP contribution in [0.1, 0.15) is 0 Å². The Hall–Kier alpha value is -1.04. The Kier molecular flexibility index (Phi) is 308. The van der Waals surface area contributed by atoms with Crippen molar-refractivity contribution in [1.29, 1.82) is 0 Å². The van der Waals surface area contributed by atoms with E-state index in [1.165, 1.54) is 0 Å². The van der Waals surface area contributed by atoms with Crippen LogP contribution in [0.25, 0.3) is 0 Å². The van der Waals surface area contributed by atoms with Crippen molar-refractivity contribution in [3.63, 3.8) is 0 Å². The molecule has 0 radical (unpaired) electrons. The molecule has 16 nitrogen and oxygen atoms in total. The third-order valence-electron chi connectivity index (χ3n) is 0. The summed E-state index contributed by atoms with van der Waals surface area (Å²) >= 11 is 11.5. The van der Waals surface area contributed by atoms with Gasteiger partial charge in [0.2, 0.25) is 0 Å². The molecular formula is C4H32N8O8S4. The molecule has 0 amide bonds. The van der Waals surface area contributed by atoms with Gasteiger partial charge in [0.05, 0.1) is 0 Å². The number of carboxylic acid groups (broad SMARTS) is 4. The van der Waals surface area contributed by atoms with E-state index in [4.69, 9.17) is 39.6 Å². The third kappa shape index (κ3) is 7720. The lowest BCUT2D eigenvalue weighted by Crippen LogP contribution is -1.67. The number of hydrogen-bond acceptors (Lipinski definition) is 12. The number of rotatable bonds is 0. The minimum absolute atomic E-state index is 0. The van der Waals surface area contributed by atoms with Gasteiger partial charge in [-0.05, 0) is 0 Å². The highest BCUT2D eigenvalue weighted by molar-refractivity contribution is 7.96. The molecule has 0 spiro atoms. The standard InChI is InChI=1S/4CH2O2S.8H3N/c4*2-1(3)4;;;;;;;;/h4*4H,(H,2,3);8*1H3. The summed E-state index contributed by atoms with van der Waals surface area (Å²) in [7, 11) is 0. The molecule has 0 saturated carbocycles. The molecule has 0 fully saturated rings. The Bertz CT molecular complexity index is 186. The van der Waals surface area contributed by atoms with Gasteiger partial charge < -0.3 is 69.6 Å². The summed E-state index contributed by atoms with van der Waals surface area (Å²) in [6, 6.07) is 0. The quantitative estimate of drug-likeness (QED) is 0.234. The van der Waals surface area contributed by atoms with E-state index in [-0.39, 0.29) is 49.2 Å². The molecule has 160 valence electrons. The molecule has 0 aromatic rings. The smallest absolute Gasteiger partial charge is 0.361 e. The Morgan fingerprint density at radius 1 is 0.375 bits per heavy atom. The number of thiol groups is 4. The molecule has 28 N–H and O–H groups in total. The van der Waals surface area contributed by atoms with Gasteiger partial charge in [0.25, 0.3) is 0 Å². The van der Waals surface area contributed by atoms with Gasteiger partial charge in [-0.1, -0.05) is 50.5 Å². The molecule has 0 aromatic heterocycles. The van der Waals surface area contributed by atoms with E-state index < -0.39 is 21.2 Å². The maximum Gasteiger partial charge on any atom is 0.361 e. The average molecular weight is 449 g/mol. The molecule has 0 aliphatic rings. The van der Waals surface area contributed by atoms with Crippen LogP contribution in [-0.2, 0) is 0 Å². The van der Waals surface area contributed by atoms with Crippen LogP contribution in [-0.4, -0.2) is 41.6 Å². The van der Waals surface area contributed by atoms with Gasteiger partial charge in [-0.2, -0.15) is 0 Å². The molecule has 0 aliphatic carbocycles. The second kappa shape index (κ2) is 80.3. The normalized spacial score (nSPS) is 4.17. The van der Waals surface area contributed by atoms with Crippen molar-refractivity contribution in [3.05, 3.63) is 0 Å². The molecule has 0 aliphatic heterocycles. The summed E-state index contributed by atoms with van der Waals surface area (Å²) in [6.45, 7) is 0. The lowest BCUT2D eigenvalue weighted by Gasteiger charge is -1.58. The molecule has 0 bridgehead atoms. The van der Waals surface area contributed by atoms with Crippen LogP contribution in [0.2, 0.25) is 0 Å². The van der Waals surface area contributed by atoms with Crippen LogP contribution >= 0.6 is 50.5 Å². The lowest BCUT2D eigenvalue weighted by atomic mass is 11.6. The number of carbonyl (C=O) groups is 4. The Labute approximate surface area is 160 Å². The first-order valence-electron chi connectivity index (χ1n) is 2.61. The molecule has 20 heteroatoms. The first kappa shape index (κ1) is 92.2. The molecular weight excluding hydrogens is 416 g/mol. The molecule has 0 heterocycles. The van der Waals surface area contributed by atoms with Gasteiger partial charge in [0.15, 0.2) is 0 Å². The van der Waals surface area contributed by atoms with E-state index in [9.17, 15) is 0 Å². The maximum absolute atomic E-state index is 8.86. The summed E-state index contributed by atoms with van der Waals surface area (Å²) < 4.78 is 0. The average Bonchev–Trinajstić information content (AvgIpc) is 1.76. The van der Waals surface area contributed by atoms with Crippen molar-refractivity contribution < 1.29 is 39.6 Å². The van der Waals surface area contributed by atoms with Crippen molar-refractivity contribution in [3.8, 4) is 0 Å². The van der Waals surface area contributed by atoms with Crippen LogP contribution in [0.3, 0.4) is 0 Å². The Morgan fingerprint density at radius 3 is 0.375 bits per heavy atom. The largest absolute Gasteiger partial charge is 0.473 e. The van der Waals surface area contributed by atoms with Crippen LogP contribution < -0.4 is 49.2 Å². The fourth-order valence-corrected chi connectivity index (χ4v) is 0. The first-order chi connectivity index (χ1) is 6.93. The molecule has 24 heavy (non-hydrogen) atoms. The molecule has 0 unspecified atom stereocenters. The van der Waals surface area contributed by atoms with Gasteiger partial charge in [-0.25, -0.2) is 19.2 Å². The van der Waals surface area contributed by atoms with Gasteiger partial charge in [-0.3, -0.25) is 0 Å². The molecule has 0 saturated heterocycles. The number of hydrogen-bond donors (Lipinski definition) is 16. The summed E-state index contributed by atoms with van der Waals surface area (Å²) in [5.74, 6) is 0. The highest BCUT2D eigenvalue weighted by Gasteiger charge is 1.68. The van der Waals surface area contributed by atoms with E-state index in [0.717, 1.165) is 0 Å². The van der Waals surface area contributed by atoms with Crippen LogP contribution in [0.4, 0.5) is 19.2 Å². The van der Waals surface area contributed by atoms with E-state index in [1.54, 1.807) is 0 Å². The van der Waals surface area contributed by atoms with Crippen molar-refractivity contribution in [2.75, 3.05) is 0 Å². The van der Waals surface area contributed by atoms with E-state index in [1.807, 2.05) is 0 Å². The van der Waals surface area contributed by atoms with Crippen LogP contribution in [0.15, 0.2) is 0 Å². The second-order valence-corrected chi connectivity index (χ2v) is 2.66. The van der Waals surface area contributed by atoms with Crippen LogP contribution in [0, 0.1) is 0 Å². The summed E-state index contributed by atoms with van der Waals surface area (Å²) in [5.41, 5.74) is 0. The summed E-state index contributed by atoms with van der Waals surface area (Å²) in [5, 5.41) is 24.6. The predicted octanol–water partition coefficient (Wildman–Crippen LogP) is 3.67. The van der Waals surface area contributed by atoms with E-state index >= 15 is 0 Å². The fraction of sp³-hybridized carbons (Fsp3) is 0. The van der Waals surface area contributed by atoms with Crippen LogP contribution in [0.5, 0.6) is 0 Å². The zero-order valence-electron chi connectivity index (χ0n) is 12.9. The predicted molar refractivity (Wildman–Crippen MR) is 108 cm³/mol. The van der Waals surface area contributed by atoms with Gasteiger partial charge in [0, 0.05) is 0 Å². The Morgan fingerprint density at radius 2 is 0.375 bits per heavy atom. The summed E-state index contributed by atoms with van der Waals surface area (Å²) in [6.07, 6.45) is 0. The lowest BCUT2D eigenvalue weighted by molar-refractivity contribution is 0.221. The van der Waals surface area contributed by atoms with Gasteiger partial charge in [0.1, 0.15) is 0 Å². The first-order valence-corrected chi connectivity index (χ1v) is 4.39. The maximum atomic E-state index is 8.86. The monoisotopic (exact) mass is 448 g/mol. The van der Waals surface area contributed by atoms with Crippen molar-refractivity contribution in [2.24, 2.45) is 0 Å². The fourth-order valence-electron chi connectivity index (χ4n) is 0. The second-order valence-electron chi connectivity index (χ2n) is 1.13. The SMILES string of the molecule is N.N.N.N.N.N.N.N.O=C(O)S.O=C(O)S.O=C(O)S.O=C(O)S. The molecule has 0 rings (SSSR count). The molecule has 0 atom stereocenters. The van der Waals surface area contributed by atoms with Gasteiger partial charge in [-0.15, -0.1) is 0 Å². The Balaban J connectivity index is -0.00000000720. The van der Waals surface area contributed by atoms with Gasteiger partial charge >= 0.3 is 21.2 Å². The van der Waals surface area contributed by atoms with E-state index in [2.05, 4.69) is 50.5 Å². The zero-order valence-corrected chi connectivity index (χ0v) is 16.4. The van der Waals surface area contributed by atoms with Crippen molar-refractivity contribution >= 4 is 71.7 Å². The highest BCUT2D eigenvalue weighted by Crippen LogP contribution is 1.67. The zero-order chi connectivity index (χ0) is 14.3. The van der Waals surface area contributed by atoms with Crippen molar-refractivity contribution in [2.45, 2.75) is 0 Å². The minimum Gasteiger partial charge on any atom is -0.473 e. The van der Waals surface area contributed by atoms with E-state index in [0.29, 0.717) is 0 Å². The minimum atomic E-state index is -1.14. The molecule has 0 aromatic carbocycles. The topological polar surface area (TPSA) is 429 Å². The summed E-state index contributed by atoms with van der Waals surface area (Å²) in [4.78, 5) is 35.5. The third-order valence-corrected chi connectivity index (χ3v) is 0. The highest BCUT2D eigenvalue weighted by atomic mass is 32.1. The van der Waals surface area contributed by atoms with Crippen molar-refractivity contribution in [1.82, 2.24) is 49.2 Å².